The van der Waals surface area contributed by atoms with Crippen molar-refractivity contribution in [2.45, 2.75) is 26.7 Å². The summed E-state index contributed by atoms with van der Waals surface area (Å²) in [6, 6.07) is 3.42. The second-order valence-electron chi connectivity index (χ2n) is 5.14. The molecule has 1 aromatic heterocycles. The summed E-state index contributed by atoms with van der Waals surface area (Å²) in [7, 11) is 0. The topological polar surface area (TPSA) is 78.7 Å². The molecule has 0 saturated heterocycles. The zero-order valence-electron chi connectivity index (χ0n) is 9.90. The number of hydrogen-bond acceptors (Lipinski definition) is 4. The second kappa shape index (κ2) is 4.13. The Hall–Kier alpha value is -1.96. The molecule has 1 aliphatic carbocycles. The molecule has 5 nitrogen and oxygen atoms in total. The van der Waals surface area contributed by atoms with E-state index in [0.717, 1.165) is 12.8 Å². The van der Waals surface area contributed by atoms with Gasteiger partial charge in [-0.05, 0) is 24.3 Å². The first-order valence-electron chi connectivity index (χ1n) is 5.54. The summed E-state index contributed by atoms with van der Waals surface area (Å²) >= 11 is 0. The number of nitrogens with zero attached hydrogens (tertiary/aromatic N) is 3. The number of anilines is 1. The van der Waals surface area contributed by atoms with Gasteiger partial charge in [0.05, 0.1) is 0 Å². The highest BCUT2D eigenvalue weighted by atomic mass is 16.2. The van der Waals surface area contributed by atoms with Crippen LogP contribution >= 0.6 is 0 Å². The Balaban J connectivity index is 1.97. The van der Waals surface area contributed by atoms with E-state index in [-0.39, 0.29) is 23.1 Å². The normalized spacial score (nSPS) is 17.9. The van der Waals surface area contributed by atoms with Crippen LogP contribution in [0.1, 0.15) is 32.5 Å². The number of nitriles is 1. The van der Waals surface area contributed by atoms with Crippen LogP contribution in [0.5, 0.6) is 0 Å². The molecule has 17 heavy (non-hydrogen) atoms. The van der Waals surface area contributed by atoms with Crippen LogP contribution < -0.4 is 5.32 Å². The molecule has 5 heteroatoms. The number of aromatic nitrogens is 2. The lowest BCUT2D eigenvalue weighted by atomic mass is 9.64. The fraction of sp³-hybridized carbons (Fsp3) is 0.500. The minimum absolute atomic E-state index is 0.0214. The third-order valence-corrected chi connectivity index (χ3v) is 2.98. The van der Waals surface area contributed by atoms with E-state index in [9.17, 15) is 4.79 Å². The molecular formula is C12H14N4O. The van der Waals surface area contributed by atoms with Gasteiger partial charge in [0.1, 0.15) is 11.9 Å². The molecule has 0 aromatic carbocycles. The summed E-state index contributed by atoms with van der Waals surface area (Å²) in [5.41, 5.74) is 0.269. The first kappa shape index (κ1) is 11.5. The first-order chi connectivity index (χ1) is 8.00. The van der Waals surface area contributed by atoms with Crippen molar-refractivity contribution < 1.29 is 4.79 Å². The predicted octanol–water partition coefficient (Wildman–Crippen LogP) is 1.72. The number of hydrogen-bond donors (Lipinski definition) is 1. The average Bonchev–Trinajstić information content (AvgIpc) is 2.26. The lowest BCUT2D eigenvalue weighted by molar-refractivity contribution is -0.126. The van der Waals surface area contributed by atoms with Crippen molar-refractivity contribution in [1.29, 1.82) is 5.26 Å². The molecule has 0 spiro atoms. The van der Waals surface area contributed by atoms with Crippen molar-refractivity contribution in [1.82, 2.24) is 9.97 Å². The summed E-state index contributed by atoms with van der Waals surface area (Å²) in [6.07, 6.45) is 3.26. The molecule has 1 aliphatic rings. The number of nitrogens with one attached hydrogen (secondary N) is 1. The quantitative estimate of drug-likeness (QED) is 0.839. The van der Waals surface area contributed by atoms with Gasteiger partial charge in [0, 0.05) is 12.1 Å². The lowest BCUT2D eigenvalue weighted by Gasteiger charge is -2.41. The molecule has 88 valence electrons. The molecule has 0 aliphatic heterocycles. The van der Waals surface area contributed by atoms with Gasteiger partial charge in [0.25, 0.3) is 0 Å². The van der Waals surface area contributed by atoms with E-state index < -0.39 is 0 Å². The molecule has 1 fully saturated rings. The van der Waals surface area contributed by atoms with Crippen LogP contribution in [0.3, 0.4) is 0 Å². The molecule has 0 radical (unpaired) electrons. The van der Waals surface area contributed by atoms with Crippen molar-refractivity contribution in [3.63, 3.8) is 0 Å². The van der Waals surface area contributed by atoms with E-state index in [1.807, 2.05) is 6.07 Å². The van der Waals surface area contributed by atoms with Crippen LogP contribution in [-0.2, 0) is 4.79 Å². The molecule has 1 amide bonds. The van der Waals surface area contributed by atoms with E-state index in [0.29, 0.717) is 5.82 Å². The summed E-state index contributed by atoms with van der Waals surface area (Å²) in [5.74, 6) is 0.500. The maximum atomic E-state index is 11.8. The van der Waals surface area contributed by atoms with E-state index in [1.165, 1.54) is 6.20 Å². The number of amides is 1. The van der Waals surface area contributed by atoms with Crippen LogP contribution in [0.25, 0.3) is 0 Å². The number of carbonyl (C=O) groups excluding carboxylic acids is 1. The van der Waals surface area contributed by atoms with Crippen molar-refractivity contribution in [2.24, 2.45) is 11.3 Å². The van der Waals surface area contributed by atoms with Crippen molar-refractivity contribution >= 4 is 11.7 Å². The SMILES string of the molecule is CC1(C)CC(C(=O)Nc2ccnc(C#N)n2)C1. The smallest absolute Gasteiger partial charge is 0.234 e. The molecule has 1 heterocycles. The Kier molecular flexibility index (Phi) is 2.80. The van der Waals surface area contributed by atoms with Gasteiger partial charge in [0.2, 0.25) is 11.7 Å². The Morgan fingerprint density at radius 2 is 2.29 bits per heavy atom. The Labute approximate surface area is 99.9 Å². The molecule has 1 aromatic rings. The second-order valence-corrected chi connectivity index (χ2v) is 5.14. The summed E-state index contributed by atoms with van der Waals surface area (Å²) in [5, 5.41) is 11.4. The average molecular weight is 230 g/mol. The highest BCUT2D eigenvalue weighted by Gasteiger charge is 2.40. The van der Waals surface area contributed by atoms with Gasteiger partial charge >= 0.3 is 0 Å². The standard InChI is InChI=1S/C12H14N4O/c1-12(2)5-8(6-12)11(17)16-9-3-4-14-10(7-13)15-9/h3-4,8H,5-6H2,1-2H3,(H,14,15,16,17). The molecule has 2 rings (SSSR count). The van der Waals surface area contributed by atoms with E-state index >= 15 is 0 Å². The highest BCUT2D eigenvalue weighted by molar-refractivity contribution is 5.92. The Morgan fingerprint density at radius 1 is 1.59 bits per heavy atom. The zero-order valence-corrected chi connectivity index (χ0v) is 9.90. The van der Waals surface area contributed by atoms with Crippen LogP contribution in [0.4, 0.5) is 5.82 Å². The number of carbonyl (C=O) groups is 1. The minimum Gasteiger partial charge on any atom is -0.310 e. The third kappa shape index (κ3) is 2.59. The fourth-order valence-corrected chi connectivity index (χ4v) is 2.17. The van der Waals surface area contributed by atoms with Crippen molar-refractivity contribution in [2.75, 3.05) is 5.32 Å². The van der Waals surface area contributed by atoms with E-state index in [2.05, 4.69) is 29.1 Å². The van der Waals surface area contributed by atoms with Gasteiger partial charge in [-0.1, -0.05) is 13.8 Å². The molecule has 0 atom stereocenters. The zero-order chi connectivity index (χ0) is 12.5. The fourth-order valence-electron chi connectivity index (χ4n) is 2.17. The summed E-state index contributed by atoms with van der Waals surface area (Å²) in [4.78, 5) is 19.5. The maximum Gasteiger partial charge on any atom is 0.234 e. The van der Waals surface area contributed by atoms with Crippen LogP contribution in [0.15, 0.2) is 12.3 Å². The van der Waals surface area contributed by atoms with E-state index in [4.69, 9.17) is 5.26 Å². The van der Waals surface area contributed by atoms with Gasteiger partial charge in [-0.25, -0.2) is 9.97 Å². The molecule has 0 bridgehead atoms. The number of rotatable bonds is 2. The molecule has 0 unspecified atom stereocenters. The third-order valence-electron chi connectivity index (χ3n) is 2.98. The Bertz CT molecular complexity index is 482. The maximum absolute atomic E-state index is 11.8. The largest absolute Gasteiger partial charge is 0.310 e. The summed E-state index contributed by atoms with van der Waals surface area (Å²) < 4.78 is 0. The van der Waals surface area contributed by atoms with Gasteiger partial charge in [0.15, 0.2) is 0 Å². The predicted molar refractivity (Wildman–Crippen MR) is 61.9 cm³/mol. The van der Waals surface area contributed by atoms with Gasteiger partial charge in [-0.2, -0.15) is 5.26 Å². The van der Waals surface area contributed by atoms with E-state index in [1.54, 1.807) is 6.07 Å². The molecule has 1 saturated carbocycles. The molecular weight excluding hydrogens is 216 g/mol. The monoisotopic (exact) mass is 230 g/mol. The van der Waals surface area contributed by atoms with Crippen LogP contribution in [0.2, 0.25) is 0 Å². The lowest BCUT2D eigenvalue weighted by Crippen LogP contribution is -2.39. The highest BCUT2D eigenvalue weighted by Crippen LogP contribution is 2.44. The first-order valence-corrected chi connectivity index (χ1v) is 5.54. The van der Waals surface area contributed by atoms with Gasteiger partial charge in [-0.15, -0.1) is 0 Å². The van der Waals surface area contributed by atoms with Gasteiger partial charge < -0.3 is 5.32 Å². The Morgan fingerprint density at radius 3 is 2.88 bits per heavy atom. The summed E-state index contributed by atoms with van der Waals surface area (Å²) in [6.45, 7) is 4.30. The van der Waals surface area contributed by atoms with Crippen molar-refractivity contribution in [3.8, 4) is 6.07 Å². The van der Waals surface area contributed by atoms with Crippen LogP contribution in [0, 0.1) is 22.7 Å². The minimum atomic E-state index is -0.0214. The van der Waals surface area contributed by atoms with Crippen LogP contribution in [-0.4, -0.2) is 15.9 Å². The molecule has 1 N–H and O–H groups in total. The van der Waals surface area contributed by atoms with Crippen molar-refractivity contribution in [3.05, 3.63) is 18.1 Å². The van der Waals surface area contributed by atoms with Gasteiger partial charge in [-0.3, -0.25) is 4.79 Å².